The molecule has 2 aliphatic heterocycles. The molecular formula is C30H43N5O7S. The van der Waals surface area contributed by atoms with Gasteiger partial charge in [0.2, 0.25) is 11.8 Å². The van der Waals surface area contributed by atoms with E-state index in [1.54, 1.807) is 45.0 Å². The number of benzene rings is 1. The summed E-state index contributed by atoms with van der Waals surface area (Å²) in [5.74, 6) is -1.65. The molecule has 0 radical (unpaired) electrons. The van der Waals surface area contributed by atoms with Gasteiger partial charge in [-0.25, -0.2) is 22.9 Å². The second kappa shape index (κ2) is 12.6. The smallest absolute Gasteiger partial charge is 0.419 e. The number of rotatable bonds is 4. The Kier molecular flexibility index (Phi) is 9.43. The number of imide groups is 1. The maximum absolute atomic E-state index is 14.0. The topological polar surface area (TPSA) is 168 Å². The molecule has 0 bridgehead atoms. The Labute approximate surface area is 253 Å². The maximum Gasteiger partial charge on any atom is 0.419 e. The van der Waals surface area contributed by atoms with Gasteiger partial charge in [0.15, 0.2) is 4.87 Å². The second-order valence-corrected chi connectivity index (χ2v) is 14.6. The second-order valence-electron chi connectivity index (χ2n) is 12.6. The van der Waals surface area contributed by atoms with Crippen LogP contribution in [0.3, 0.4) is 0 Å². The molecule has 4 rings (SSSR count). The van der Waals surface area contributed by atoms with E-state index in [0.29, 0.717) is 42.7 Å². The van der Waals surface area contributed by atoms with E-state index in [0.717, 1.165) is 12.0 Å². The lowest BCUT2D eigenvalue weighted by Crippen LogP contribution is -2.59. The number of hydrogen-bond acceptors (Lipinski definition) is 7. The lowest BCUT2D eigenvalue weighted by molar-refractivity contribution is -0.142. The lowest BCUT2D eigenvalue weighted by Gasteiger charge is -2.34. The van der Waals surface area contributed by atoms with Crippen LogP contribution in [0, 0.1) is 12.8 Å². The summed E-state index contributed by atoms with van der Waals surface area (Å²) >= 11 is 0. The first-order valence-electron chi connectivity index (χ1n) is 14.8. The zero-order valence-electron chi connectivity index (χ0n) is 25.3. The molecule has 13 heteroatoms. The molecule has 43 heavy (non-hydrogen) atoms. The van der Waals surface area contributed by atoms with Crippen LogP contribution in [-0.4, -0.2) is 71.3 Å². The lowest BCUT2D eigenvalue weighted by atomic mass is 10.0. The summed E-state index contributed by atoms with van der Waals surface area (Å²) in [6.07, 6.45) is 6.46. The van der Waals surface area contributed by atoms with Crippen LogP contribution in [0.5, 0.6) is 0 Å². The number of ether oxygens (including phenoxy) is 1. The Morgan fingerprint density at radius 2 is 1.79 bits per heavy atom. The van der Waals surface area contributed by atoms with Crippen LogP contribution in [0.15, 0.2) is 36.4 Å². The molecule has 0 unspecified atom stereocenters. The Morgan fingerprint density at radius 1 is 1.09 bits per heavy atom. The van der Waals surface area contributed by atoms with Crippen molar-refractivity contribution in [2.24, 2.45) is 11.7 Å². The quantitative estimate of drug-likeness (QED) is 0.432. The molecule has 2 heterocycles. The summed E-state index contributed by atoms with van der Waals surface area (Å²) in [6, 6.07) is 3.54. The zero-order valence-corrected chi connectivity index (χ0v) is 26.1. The summed E-state index contributed by atoms with van der Waals surface area (Å²) in [5.41, 5.74) is 6.03. The molecular weight excluding hydrogens is 574 g/mol. The Bertz CT molecular complexity index is 1370. The van der Waals surface area contributed by atoms with Crippen LogP contribution >= 0.6 is 0 Å². The highest BCUT2D eigenvalue weighted by molar-refractivity contribution is 7.94. The first-order valence-corrected chi connectivity index (χ1v) is 16.3. The summed E-state index contributed by atoms with van der Waals surface area (Å²) < 4.78 is 35.5. The molecule has 1 aromatic carbocycles. The number of sulfonamides is 1. The van der Waals surface area contributed by atoms with Crippen molar-refractivity contribution in [3.8, 4) is 0 Å². The molecule has 12 nitrogen and oxygen atoms in total. The standard InChI is InChI=1S/C30H43N5O7S/c1-20-14-16-22(17-15-20)33-43(40,41)30-19-21(30)11-8-6-5-7-9-12-24(35(27(31)38)28(39)42-29(2,3)4)26(37)34-18-10-13-23(34)25(36)32-30/h8,11,14-17,21,23-24,33H,5-7,9-10,12-13,18-19H2,1-4H3,(H2,31,38)(H,32,36)/b11-8-/t21-,23+,24+,30-/m1/s1. The Balaban J connectivity index is 1.65. The Morgan fingerprint density at radius 3 is 2.44 bits per heavy atom. The van der Waals surface area contributed by atoms with Crippen LogP contribution < -0.4 is 15.8 Å². The highest BCUT2D eigenvalue weighted by Crippen LogP contribution is 2.49. The van der Waals surface area contributed by atoms with Gasteiger partial charge in [-0.1, -0.05) is 42.7 Å². The van der Waals surface area contributed by atoms with Crippen LogP contribution in [0.1, 0.15) is 77.7 Å². The van der Waals surface area contributed by atoms with Crippen molar-refractivity contribution in [1.29, 1.82) is 0 Å². The predicted octanol–water partition coefficient (Wildman–Crippen LogP) is 3.76. The summed E-state index contributed by atoms with van der Waals surface area (Å²) in [5, 5.41) is 2.79. The number of nitrogens with one attached hydrogen (secondary N) is 2. The number of fused-ring (bicyclic) bond motifs is 2. The van der Waals surface area contributed by atoms with Crippen LogP contribution in [0.4, 0.5) is 15.3 Å². The number of aryl methyl sites for hydroxylation is 1. The van der Waals surface area contributed by atoms with Crippen molar-refractivity contribution >= 4 is 39.6 Å². The molecule has 236 valence electrons. The predicted molar refractivity (Wildman–Crippen MR) is 161 cm³/mol. The van der Waals surface area contributed by atoms with Crippen molar-refractivity contribution in [3.05, 3.63) is 42.0 Å². The first kappa shape index (κ1) is 32.3. The third-order valence-corrected chi connectivity index (χ3v) is 10.1. The number of urea groups is 1. The number of primary amides is 1. The van der Waals surface area contributed by atoms with Crippen LogP contribution in [-0.2, 0) is 24.3 Å². The van der Waals surface area contributed by atoms with Crippen molar-refractivity contribution in [2.45, 2.75) is 102 Å². The van der Waals surface area contributed by atoms with Gasteiger partial charge in [0.25, 0.3) is 10.0 Å². The van der Waals surface area contributed by atoms with E-state index in [-0.39, 0.29) is 19.4 Å². The number of anilines is 1. The van der Waals surface area contributed by atoms with Crippen molar-refractivity contribution in [3.63, 3.8) is 0 Å². The number of hydrogen-bond donors (Lipinski definition) is 3. The van der Waals surface area contributed by atoms with E-state index < -0.39 is 62.4 Å². The van der Waals surface area contributed by atoms with Gasteiger partial charge in [0, 0.05) is 18.2 Å². The highest BCUT2D eigenvalue weighted by atomic mass is 32.2. The summed E-state index contributed by atoms with van der Waals surface area (Å²) in [6.45, 7) is 7.02. The minimum atomic E-state index is -4.09. The summed E-state index contributed by atoms with van der Waals surface area (Å²) in [4.78, 5) is 53.8. The van der Waals surface area contributed by atoms with Gasteiger partial charge in [-0.3, -0.25) is 14.3 Å². The van der Waals surface area contributed by atoms with Gasteiger partial charge in [-0.15, -0.1) is 0 Å². The average molecular weight is 618 g/mol. The molecule has 4 atom stereocenters. The number of carbonyl (C=O) groups excluding carboxylic acids is 4. The first-order chi connectivity index (χ1) is 20.1. The summed E-state index contributed by atoms with van der Waals surface area (Å²) in [7, 11) is -4.09. The Hall–Kier alpha value is -3.61. The minimum Gasteiger partial charge on any atom is -0.443 e. The number of allylic oxidation sites excluding steroid dienone is 1. The van der Waals surface area contributed by atoms with Gasteiger partial charge in [0.1, 0.15) is 17.7 Å². The molecule has 0 aromatic heterocycles. The fraction of sp³-hybridized carbons (Fsp3) is 0.600. The molecule has 5 amide bonds. The normalized spacial score (nSPS) is 27.4. The molecule has 3 aliphatic rings. The number of nitrogens with zero attached hydrogens (tertiary/aromatic N) is 2. The minimum absolute atomic E-state index is 0.150. The maximum atomic E-state index is 14.0. The number of nitrogens with two attached hydrogens (primary N) is 1. The van der Waals surface area contributed by atoms with Crippen molar-refractivity contribution < 1.29 is 32.3 Å². The average Bonchev–Trinajstić information content (AvgIpc) is 3.38. The third-order valence-electron chi connectivity index (χ3n) is 8.06. The van der Waals surface area contributed by atoms with Gasteiger partial charge in [-0.2, -0.15) is 0 Å². The van der Waals surface area contributed by atoms with Crippen LogP contribution in [0.2, 0.25) is 0 Å². The van der Waals surface area contributed by atoms with Gasteiger partial charge < -0.3 is 20.7 Å². The van der Waals surface area contributed by atoms with E-state index in [4.69, 9.17) is 10.5 Å². The number of amides is 5. The molecule has 0 spiro atoms. The van der Waals surface area contributed by atoms with E-state index in [1.807, 2.05) is 19.1 Å². The van der Waals surface area contributed by atoms with Gasteiger partial charge in [0.05, 0.1) is 0 Å². The van der Waals surface area contributed by atoms with Gasteiger partial charge >= 0.3 is 12.1 Å². The fourth-order valence-corrected chi connectivity index (χ4v) is 7.49. The SMILES string of the molecule is Cc1ccc(NS(=O)(=O)[C@]23C[C@H]2/C=C\CCCCC[C@H](N(C(N)=O)C(=O)OC(C)(C)C)C(=O)N2CCC[C@H]2C(=O)N3)cc1. The molecule has 1 saturated heterocycles. The molecule has 2 fully saturated rings. The molecule has 4 N–H and O–H groups in total. The van der Waals surface area contributed by atoms with E-state index >= 15 is 0 Å². The van der Waals surface area contributed by atoms with Gasteiger partial charge in [-0.05, 0) is 78.4 Å². The molecule has 1 saturated carbocycles. The molecule has 1 aromatic rings. The zero-order chi connectivity index (χ0) is 31.6. The van der Waals surface area contributed by atoms with Crippen molar-refractivity contribution in [1.82, 2.24) is 15.1 Å². The monoisotopic (exact) mass is 617 g/mol. The van der Waals surface area contributed by atoms with Crippen LogP contribution in [0.25, 0.3) is 0 Å². The fourth-order valence-electron chi connectivity index (χ4n) is 5.75. The van der Waals surface area contributed by atoms with E-state index in [9.17, 15) is 27.6 Å². The largest absolute Gasteiger partial charge is 0.443 e. The highest BCUT2D eigenvalue weighted by Gasteiger charge is 2.64. The third kappa shape index (κ3) is 7.31. The molecule has 1 aliphatic carbocycles. The van der Waals surface area contributed by atoms with E-state index in [2.05, 4.69) is 10.0 Å². The van der Waals surface area contributed by atoms with E-state index in [1.165, 1.54) is 4.90 Å². The van der Waals surface area contributed by atoms with Crippen molar-refractivity contribution in [2.75, 3.05) is 11.3 Å². The number of carbonyl (C=O) groups is 4.